The van der Waals surface area contributed by atoms with Crippen LogP contribution in [0.4, 0.5) is 22.0 Å². The van der Waals surface area contributed by atoms with Crippen LogP contribution in [0.1, 0.15) is 6.42 Å². The number of hydrogen-bond acceptors (Lipinski definition) is 6. The van der Waals surface area contributed by atoms with Crippen molar-refractivity contribution in [3.05, 3.63) is 29.1 Å². The first kappa shape index (κ1) is 23.2. The predicted octanol–water partition coefficient (Wildman–Crippen LogP) is 1.95. The predicted molar refractivity (Wildman–Crippen MR) is 82.9 cm³/mol. The van der Waals surface area contributed by atoms with Gasteiger partial charge in [-0.25, -0.2) is 13.2 Å². The summed E-state index contributed by atoms with van der Waals surface area (Å²) >= 11 is 0. The van der Waals surface area contributed by atoms with Gasteiger partial charge in [0.15, 0.2) is 0 Å². The second-order valence-electron chi connectivity index (χ2n) is 5.06. The van der Waals surface area contributed by atoms with Gasteiger partial charge < -0.3 is 24.3 Å². The number of carbonyl (C=O) groups excluding carboxylic acids is 1. The first-order valence-electron chi connectivity index (χ1n) is 8.00. The number of halogens is 5. The molecule has 0 aliphatic rings. The van der Waals surface area contributed by atoms with E-state index in [-0.39, 0.29) is 19.8 Å². The summed E-state index contributed by atoms with van der Waals surface area (Å²) in [6.45, 7) is 2.22. The smallest absolute Gasteiger partial charge is 0.313 e. The number of benzene rings is 1. The number of carbonyl (C=O) groups is 1. The van der Waals surface area contributed by atoms with E-state index in [1.54, 1.807) is 7.05 Å². The Labute approximate surface area is 152 Å². The quantitative estimate of drug-likeness (QED) is 0.136. The molecule has 0 aromatic heterocycles. The third-order valence-electron chi connectivity index (χ3n) is 3.08. The Kier molecular flexibility index (Phi) is 10.8. The largest absolute Gasteiger partial charge is 0.420 e. The molecule has 1 aromatic carbocycles. The number of esters is 1. The summed E-state index contributed by atoms with van der Waals surface area (Å²) in [5.41, 5.74) is 0. The second-order valence-corrected chi connectivity index (χ2v) is 5.06. The highest BCUT2D eigenvalue weighted by Crippen LogP contribution is 2.29. The average molecular weight is 401 g/mol. The molecule has 0 atom stereocenters. The lowest BCUT2D eigenvalue weighted by molar-refractivity contribution is -0.136. The van der Waals surface area contributed by atoms with E-state index in [0.29, 0.717) is 19.8 Å². The fraction of sp³-hybridized carbons (Fsp3) is 0.562. The Balaban J connectivity index is 2.22. The van der Waals surface area contributed by atoms with E-state index in [1.807, 2.05) is 0 Å². The van der Waals surface area contributed by atoms with Gasteiger partial charge in [-0.1, -0.05) is 0 Å². The number of nitrogens with one attached hydrogen (secondary N) is 1. The number of hydrogen-bond donors (Lipinski definition) is 1. The molecule has 1 rings (SSSR count). The fourth-order valence-corrected chi connectivity index (χ4v) is 1.71. The first-order chi connectivity index (χ1) is 12.9. The Bertz CT molecular complexity index is 588. The summed E-state index contributed by atoms with van der Waals surface area (Å²) in [6, 6.07) is 0. The SMILES string of the molecule is CNCCOCCOCCOCCC(=O)Oc1c(F)c(F)c(F)c(F)c1F. The highest BCUT2D eigenvalue weighted by molar-refractivity contribution is 5.72. The molecule has 6 nitrogen and oxygen atoms in total. The van der Waals surface area contributed by atoms with Crippen molar-refractivity contribution in [3.8, 4) is 5.75 Å². The van der Waals surface area contributed by atoms with Gasteiger partial charge in [0.1, 0.15) is 0 Å². The lowest BCUT2D eigenvalue weighted by Gasteiger charge is -2.09. The maximum Gasteiger partial charge on any atom is 0.313 e. The molecule has 0 fully saturated rings. The molecule has 1 aromatic rings. The zero-order valence-electron chi connectivity index (χ0n) is 14.6. The van der Waals surface area contributed by atoms with Crippen molar-refractivity contribution in [1.29, 1.82) is 0 Å². The van der Waals surface area contributed by atoms with Gasteiger partial charge in [0.05, 0.1) is 46.1 Å². The Morgan fingerprint density at radius 2 is 1.19 bits per heavy atom. The van der Waals surface area contributed by atoms with Crippen molar-refractivity contribution in [1.82, 2.24) is 5.32 Å². The molecule has 0 spiro atoms. The fourth-order valence-electron chi connectivity index (χ4n) is 1.71. The highest BCUT2D eigenvalue weighted by Gasteiger charge is 2.28. The topological polar surface area (TPSA) is 66.0 Å². The molecule has 0 saturated heterocycles. The van der Waals surface area contributed by atoms with Gasteiger partial charge in [-0.05, 0) is 7.05 Å². The van der Waals surface area contributed by atoms with Crippen molar-refractivity contribution in [2.75, 3.05) is 53.2 Å². The monoisotopic (exact) mass is 401 g/mol. The Hall–Kier alpha value is -1.82. The summed E-state index contributed by atoms with van der Waals surface area (Å²) in [5.74, 6) is -14.0. The lowest BCUT2D eigenvalue weighted by atomic mass is 10.2. The number of rotatable bonds is 13. The van der Waals surface area contributed by atoms with Gasteiger partial charge in [0.2, 0.25) is 34.8 Å². The Morgan fingerprint density at radius 1 is 0.741 bits per heavy atom. The van der Waals surface area contributed by atoms with Gasteiger partial charge in [-0.15, -0.1) is 0 Å². The van der Waals surface area contributed by atoms with E-state index in [2.05, 4.69) is 10.1 Å². The molecule has 0 bridgehead atoms. The van der Waals surface area contributed by atoms with E-state index in [9.17, 15) is 26.7 Å². The molecule has 1 N–H and O–H groups in total. The number of ether oxygens (including phenoxy) is 4. The number of likely N-dealkylation sites (N-methyl/N-ethyl adjacent to an activating group) is 1. The third kappa shape index (κ3) is 7.75. The minimum Gasteiger partial charge on any atom is -0.420 e. The summed E-state index contributed by atoms with van der Waals surface area (Å²) in [6.07, 6.45) is -0.452. The lowest BCUT2D eigenvalue weighted by Crippen LogP contribution is -2.17. The van der Waals surface area contributed by atoms with E-state index in [0.717, 1.165) is 6.54 Å². The van der Waals surface area contributed by atoms with Crippen molar-refractivity contribution in [2.24, 2.45) is 0 Å². The highest BCUT2D eigenvalue weighted by atomic mass is 19.2. The van der Waals surface area contributed by atoms with Crippen LogP contribution in [0, 0.1) is 29.1 Å². The summed E-state index contributed by atoms with van der Waals surface area (Å²) in [4.78, 5) is 11.5. The van der Waals surface area contributed by atoms with Gasteiger partial charge in [-0.2, -0.15) is 8.78 Å². The second kappa shape index (κ2) is 12.5. The molecule has 0 heterocycles. The molecule has 0 aliphatic heterocycles. The van der Waals surface area contributed by atoms with Crippen LogP contribution < -0.4 is 10.1 Å². The van der Waals surface area contributed by atoms with Crippen molar-refractivity contribution < 1.29 is 45.7 Å². The van der Waals surface area contributed by atoms with Gasteiger partial charge in [-0.3, -0.25) is 4.79 Å². The van der Waals surface area contributed by atoms with Gasteiger partial charge in [0, 0.05) is 6.54 Å². The van der Waals surface area contributed by atoms with E-state index in [4.69, 9.17) is 14.2 Å². The van der Waals surface area contributed by atoms with Crippen LogP contribution in [-0.2, 0) is 19.0 Å². The minimum absolute atomic E-state index is 0.131. The minimum atomic E-state index is -2.33. The van der Waals surface area contributed by atoms with Gasteiger partial charge >= 0.3 is 5.97 Å². The maximum absolute atomic E-state index is 13.4. The molecule has 154 valence electrons. The normalized spacial score (nSPS) is 11.0. The average Bonchev–Trinajstić information content (AvgIpc) is 2.66. The molecule has 0 radical (unpaired) electrons. The van der Waals surface area contributed by atoms with Crippen LogP contribution >= 0.6 is 0 Å². The zero-order chi connectivity index (χ0) is 20.2. The maximum atomic E-state index is 13.4. The van der Waals surface area contributed by atoms with E-state index in [1.165, 1.54) is 0 Å². The van der Waals surface area contributed by atoms with Crippen LogP contribution in [0.25, 0.3) is 0 Å². The van der Waals surface area contributed by atoms with Crippen molar-refractivity contribution >= 4 is 5.97 Å². The van der Waals surface area contributed by atoms with Crippen LogP contribution in [0.3, 0.4) is 0 Å². The van der Waals surface area contributed by atoms with Crippen LogP contribution in [0.2, 0.25) is 0 Å². The molecular formula is C16H20F5NO5. The van der Waals surface area contributed by atoms with Crippen LogP contribution in [0.5, 0.6) is 5.75 Å². The van der Waals surface area contributed by atoms with Crippen molar-refractivity contribution in [2.45, 2.75) is 6.42 Å². The van der Waals surface area contributed by atoms with Crippen LogP contribution in [-0.4, -0.2) is 59.2 Å². The standard InChI is InChI=1S/C16H20F5NO5/c1-22-3-5-25-7-9-26-8-6-24-4-2-10(23)27-16-14(20)12(18)11(17)13(19)15(16)21/h22H,2-9H2,1H3. The first-order valence-corrected chi connectivity index (χ1v) is 8.00. The molecule has 0 saturated carbocycles. The molecule has 0 amide bonds. The zero-order valence-corrected chi connectivity index (χ0v) is 14.6. The van der Waals surface area contributed by atoms with Gasteiger partial charge in [0.25, 0.3) is 0 Å². The van der Waals surface area contributed by atoms with E-state index < -0.39 is 47.2 Å². The summed E-state index contributed by atoms with van der Waals surface area (Å²) in [7, 11) is 1.80. The summed E-state index contributed by atoms with van der Waals surface area (Å²) < 4.78 is 85.2. The van der Waals surface area contributed by atoms with Crippen molar-refractivity contribution in [3.63, 3.8) is 0 Å². The molecular weight excluding hydrogens is 381 g/mol. The molecule has 11 heteroatoms. The Morgan fingerprint density at radius 3 is 1.70 bits per heavy atom. The van der Waals surface area contributed by atoms with Crippen LogP contribution in [0.15, 0.2) is 0 Å². The molecule has 0 unspecified atom stereocenters. The van der Waals surface area contributed by atoms with E-state index >= 15 is 0 Å². The molecule has 27 heavy (non-hydrogen) atoms. The third-order valence-corrected chi connectivity index (χ3v) is 3.08. The molecule has 0 aliphatic carbocycles. The summed E-state index contributed by atoms with van der Waals surface area (Å²) in [5, 5.41) is 2.91.